The molecule has 2 nitrogen and oxygen atoms in total. The summed E-state index contributed by atoms with van der Waals surface area (Å²) >= 11 is 0. The Morgan fingerprint density at radius 1 is 0.200 bits per heavy atom. The zero-order valence-corrected chi connectivity index (χ0v) is 27.1. The number of rotatable bonds is 6. The van der Waals surface area contributed by atoms with Crippen molar-refractivity contribution >= 4 is 44.9 Å². The minimum atomic E-state index is -4.39. The monoisotopic (exact) mass is 888 g/mol. The predicted molar refractivity (Wildman–Crippen MR) is 154 cm³/mol. The molecule has 7 aromatic carbocycles. The minimum Gasteiger partial charge on any atom is -0.519 e. The molecule has 0 atom stereocenters. The standard InChI is InChI=1S/C34BF23O2/c36-10-3-1-2-5(11(10)37)17(43)31(57)33(7(2)18(44)12(38)4(1)14(40)22(48)13(3)39)59-35(9-20(46)26(52)29(55)27(53)21(9)47)60-34-8(19(45)25(51)30(56)32(34)58)6-15(41)23(49)28(54)24(50)16(6)42. The van der Waals surface area contributed by atoms with Crippen molar-refractivity contribution in [3.63, 3.8) is 0 Å². The molecule has 312 valence electrons. The zero-order valence-electron chi connectivity index (χ0n) is 27.1. The molecule has 0 aliphatic heterocycles. The molecular formula is C34BF23O2. The van der Waals surface area contributed by atoms with Crippen LogP contribution in [-0.4, -0.2) is 7.12 Å². The van der Waals surface area contributed by atoms with Crippen LogP contribution in [0.15, 0.2) is 0 Å². The third-order valence-corrected chi connectivity index (χ3v) is 8.79. The Bertz CT molecular complexity index is 3020. The zero-order chi connectivity index (χ0) is 44.6. The van der Waals surface area contributed by atoms with Gasteiger partial charge in [0.15, 0.2) is 128 Å². The van der Waals surface area contributed by atoms with E-state index >= 15 is 43.9 Å². The Morgan fingerprint density at radius 2 is 0.450 bits per heavy atom. The first kappa shape index (κ1) is 41.8. The van der Waals surface area contributed by atoms with Gasteiger partial charge in [-0.1, -0.05) is 0 Å². The van der Waals surface area contributed by atoms with Crippen LogP contribution in [-0.2, 0) is 0 Å². The predicted octanol–water partition coefficient (Wildman–Crippen LogP) is 11.3. The Kier molecular flexibility index (Phi) is 9.65. The second kappa shape index (κ2) is 13.9. The van der Waals surface area contributed by atoms with Gasteiger partial charge >= 0.3 is 7.12 Å². The van der Waals surface area contributed by atoms with E-state index < -0.39 is 201 Å². The molecule has 26 heteroatoms. The van der Waals surface area contributed by atoms with Crippen LogP contribution in [0.4, 0.5) is 101 Å². The molecule has 60 heavy (non-hydrogen) atoms. The van der Waals surface area contributed by atoms with Gasteiger partial charge in [0, 0.05) is 10.8 Å². The average Bonchev–Trinajstić information content (AvgIpc) is 3.21. The van der Waals surface area contributed by atoms with Gasteiger partial charge in [0.25, 0.3) is 0 Å². The lowest BCUT2D eigenvalue weighted by atomic mass is 9.76. The summed E-state index contributed by atoms with van der Waals surface area (Å²) in [4.78, 5) is 0. The lowest BCUT2D eigenvalue weighted by Gasteiger charge is -2.24. The molecule has 0 saturated heterocycles. The van der Waals surface area contributed by atoms with E-state index in [2.05, 4.69) is 9.31 Å². The van der Waals surface area contributed by atoms with Crippen molar-refractivity contribution in [2.75, 3.05) is 0 Å². The van der Waals surface area contributed by atoms with Gasteiger partial charge in [-0.25, -0.2) is 92.2 Å². The van der Waals surface area contributed by atoms with E-state index in [9.17, 15) is 57.1 Å². The third-order valence-electron chi connectivity index (χ3n) is 8.79. The van der Waals surface area contributed by atoms with Crippen LogP contribution in [0, 0.1) is 134 Å². The van der Waals surface area contributed by atoms with Gasteiger partial charge in [-0.15, -0.1) is 0 Å². The first-order valence-electron chi connectivity index (χ1n) is 15.0. The van der Waals surface area contributed by atoms with E-state index in [0.29, 0.717) is 0 Å². The highest BCUT2D eigenvalue weighted by Gasteiger charge is 2.45. The summed E-state index contributed by atoms with van der Waals surface area (Å²) in [6, 6.07) is 0. The van der Waals surface area contributed by atoms with E-state index in [1.165, 1.54) is 0 Å². The molecule has 0 N–H and O–H groups in total. The van der Waals surface area contributed by atoms with Gasteiger partial charge in [0.1, 0.15) is 0 Å². The molecule has 0 radical (unpaired) electrons. The molecule has 0 aromatic heterocycles. The minimum absolute atomic E-state index is 1.95. The van der Waals surface area contributed by atoms with Crippen LogP contribution in [0.3, 0.4) is 0 Å². The van der Waals surface area contributed by atoms with Gasteiger partial charge in [-0.2, -0.15) is 8.78 Å². The first-order valence-corrected chi connectivity index (χ1v) is 15.0. The average molecular weight is 888 g/mol. The van der Waals surface area contributed by atoms with E-state index in [1.54, 1.807) is 0 Å². The van der Waals surface area contributed by atoms with Crippen LogP contribution >= 0.6 is 0 Å². The largest absolute Gasteiger partial charge is 0.639 e. The van der Waals surface area contributed by atoms with Crippen LogP contribution < -0.4 is 14.8 Å². The molecule has 0 amide bonds. The maximum Gasteiger partial charge on any atom is 0.639 e. The van der Waals surface area contributed by atoms with Crippen LogP contribution in [0.25, 0.3) is 43.4 Å². The van der Waals surface area contributed by atoms with Gasteiger partial charge in [0.2, 0.25) is 17.5 Å². The van der Waals surface area contributed by atoms with E-state index in [4.69, 9.17) is 0 Å². The summed E-state index contributed by atoms with van der Waals surface area (Å²) in [6.45, 7) is 0. The molecular weight excluding hydrogens is 888 g/mol. The SMILES string of the molecule is Fc1c(F)c(F)c(B(Oc2c(F)c(F)c(F)c(F)c2-c2c(F)c(F)c(F)c(F)c2F)Oc2c(F)c(F)c3c(F)c(F)c4c(F)c(F)c(F)c5c(F)c(F)c2c3c45)c(F)c1F. The number of hydrogen-bond acceptors (Lipinski definition) is 2. The highest BCUT2D eigenvalue weighted by molar-refractivity contribution is 6.63. The third kappa shape index (κ3) is 5.33. The normalized spacial score (nSPS) is 11.9. The molecule has 0 bridgehead atoms. The summed E-state index contributed by atoms with van der Waals surface area (Å²) in [6.07, 6.45) is 0. The molecule has 0 fully saturated rings. The fourth-order valence-corrected chi connectivity index (χ4v) is 6.16. The number of benzene rings is 7. The van der Waals surface area contributed by atoms with E-state index in [0.717, 1.165) is 0 Å². The molecule has 0 unspecified atom stereocenters. The summed E-state index contributed by atoms with van der Waals surface area (Å²) in [5, 5.41) is -13.1. The Labute approximate surface area is 312 Å². The Hall–Kier alpha value is -6.37. The lowest BCUT2D eigenvalue weighted by molar-refractivity contribution is 0.355. The lowest BCUT2D eigenvalue weighted by Crippen LogP contribution is -2.48. The quantitative estimate of drug-likeness (QED) is 0.0545. The molecule has 0 heterocycles. The highest BCUT2D eigenvalue weighted by Crippen LogP contribution is 2.49. The molecule has 0 spiro atoms. The van der Waals surface area contributed by atoms with Crippen molar-refractivity contribution in [3.8, 4) is 22.6 Å². The van der Waals surface area contributed by atoms with Crippen molar-refractivity contribution in [1.82, 2.24) is 0 Å². The van der Waals surface area contributed by atoms with E-state index in [-0.39, 0.29) is 0 Å². The second-order valence-electron chi connectivity index (χ2n) is 11.9. The van der Waals surface area contributed by atoms with Crippen molar-refractivity contribution in [2.24, 2.45) is 0 Å². The fraction of sp³-hybridized carbons (Fsp3) is 0. The smallest absolute Gasteiger partial charge is 0.519 e. The van der Waals surface area contributed by atoms with Crippen molar-refractivity contribution in [1.29, 1.82) is 0 Å². The molecule has 0 saturated carbocycles. The molecule has 0 aliphatic carbocycles. The number of hydrogen-bond donors (Lipinski definition) is 0. The summed E-state index contributed by atoms with van der Waals surface area (Å²) in [7, 11) is -4.39. The molecule has 0 aliphatic rings. The van der Waals surface area contributed by atoms with Gasteiger partial charge in [-0.3, -0.25) is 0 Å². The maximum absolute atomic E-state index is 15.9. The summed E-state index contributed by atoms with van der Waals surface area (Å²) < 4.78 is 352. The highest BCUT2D eigenvalue weighted by atomic mass is 19.2. The van der Waals surface area contributed by atoms with Crippen molar-refractivity contribution in [2.45, 2.75) is 0 Å². The fourth-order valence-electron chi connectivity index (χ4n) is 6.16. The Balaban J connectivity index is 1.65. The number of halogens is 23. The van der Waals surface area contributed by atoms with Gasteiger partial charge in [0.05, 0.1) is 38.1 Å². The van der Waals surface area contributed by atoms with Gasteiger partial charge in [-0.05, 0) is 0 Å². The topological polar surface area (TPSA) is 18.5 Å². The van der Waals surface area contributed by atoms with E-state index in [1.807, 2.05) is 0 Å². The second-order valence-corrected chi connectivity index (χ2v) is 11.9. The summed E-state index contributed by atoms with van der Waals surface area (Å²) in [5.74, 6) is -76.8. The van der Waals surface area contributed by atoms with Gasteiger partial charge < -0.3 is 9.31 Å². The van der Waals surface area contributed by atoms with Crippen LogP contribution in [0.1, 0.15) is 0 Å². The molecule has 7 aromatic rings. The molecule has 7 rings (SSSR count). The Morgan fingerprint density at radius 3 is 0.883 bits per heavy atom. The summed E-state index contributed by atoms with van der Waals surface area (Å²) in [5.41, 5.74) is -8.68. The maximum atomic E-state index is 15.9. The van der Waals surface area contributed by atoms with Crippen molar-refractivity contribution in [3.05, 3.63) is 134 Å². The first-order chi connectivity index (χ1) is 27.9. The van der Waals surface area contributed by atoms with Crippen LogP contribution in [0.2, 0.25) is 0 Å². The van der Waals surface area contributed by atoms with Crippen molar-refractivity contribution < 1.29 is 110 Å². The van der Waals surface area contributed by atoms with Crippen LogP contribution in [0.5, 0.6) is 11.5 Å².